The first-order chi connectivity index (χ1) is 7.35. The van der Waals surface area contributed by atoms with Crippen molar-refractivity contribution in [2.45, 2.75) is 39.7 Å². The number of hydrogen-bond acceptors (Lipinski definition) is 4. The van der Waals surface area contributed by atoms with Crippen LogP contribution in [0.25, 0.3) is 0 Å². The maximum Gasteiger partial charge on any atom is 0.320 e. The highest BCUT2D eigenvalue weighted by Gasteiger charge is 2.15. The fourth-order valence-corrected chi connectivity index (χ4v) is 1.06. The Labute approximate surface area is 96.9 Å². The maximum atomic E-state index is 11.2. The minimum atomic E-state index is -0.460. The molecule has 0 atom stereocenters. The standard InChI is InChI=1S/C11H22N2O3/c1-5-13-9(14)6-7-12-8-10(15)16-11(2,3)4/h12H,5-8H2,1-4H3,(H,13,14). The van der Waals surface area contributed by atoms with Gasteiger partial charge in [-0.1, -0.05) is 0 Å². The van der Waals surface area contributed by atoms with Gasteiger partial charge >= 0.3 is 5.97 Å². The Kier molecular flexibility index (Phi) is 6.72. The van der Waals surface area contributed by atoms with Crippen molar-refractivity contribution >= 4 is 11.9 Å². The van der Waals surface area contributed by atoms with E-state index in [1.54, 1.807) is 0 Å². The maximum absolute atomic E-state index is 11.2. The second-order valence-corrected chi connectivity index (χ2v) is 4.47. The number of carbonyl (C=O) groups is 2. The summed E-state index contributed by atoms with van der Waals surface area (Å²) in [6.07, 6.45) is 0.372. The fraction of sp³-hybridized carbons (Fsp3) is 0.818. The Morgan fingerprint density at radius 1 is 1.25 bits per heavy atom. The molecule has 2 N–H and O–H groups in total. The number of esters is 1. The van der Waals surface area contributed by atoms with Crippen LogP contribution in [0.2, 0.25) is 0 Å². The second kappa shape index (κ2) is 7.22. The molecule has 0 radical (unpaired) electrons. The average molecular weight is 230 g/mol. The van der Waals surface area contributed by atoms with Crippen LogP contribution in [0.1, 0.15) is 34.1 Å². The van der Waals surface area contributed by atoms with Crippen molar-refractivity contribution in [3.8, 4) is 0 Å². The summed E-state index contributed by atoms with van der Waals surface area (Å²) in [5.74, 6) is -0.317. The molecule has 0 aliphatic heterocycles. The minimum Gasteiger partial charge on any atom is -0.459 e. The number of nitrogens with one attached hydrogen (secondary N) is 2. The van der Waals surface area contributed by atoms with Crippen LogP contribution in [0, 0.1) is 0 Å². The first-order valence-corrected chi connectivity index (χ1v) is 5.54. The highest BCUT2D eigenvalue weighted by molar-refractivity contribution is 5.76. The van der Waals surface area contributed by atoms with Crippen molar-refractivity contribution in [3.05, 3.63) is 0 Å². The molecule has 0 saturated heterocycles. The molecule has 0 saturated carbocycles. The molecule has 0 aromatic rings. The molecule has 0 aliphatic carbocycles. The monoisotopic (exact) mass is 230 g/mol. The average Bonchev–Trinajstić information content (AvgIpc) is 2.10. The summed E-state index contributed by atoms with van der Waals surface area (Å²) >= 11 is 0. The first-order valence-electron chi connectivity index (χ1n) is 5.54. The third kappa shape index (κ3) is 9.45. The Bertz CT molecular complexity index is 234. The van der Waals surface area contributed by atoms with Gasteiger partial charge in [0.15, 0.2) is 0 Å². The molecule has 0 aromatic heterocycles. The molecule has 5 nitrogen and oxygen atoms in total. The molecular formula is C11H22N2O3. The molecule has 0 rings (SSSR count). The summed E-state index contributed by atoms with van der Waals surface area (Å²) in [5.41, 5.74) is -0.460. The highest BCUT2D eigenvalue weighted by Crippen LogP contribution is 2.05. The van der Waals surface area contributed by atoms with Crippen LogP contribution in [0.4, 0.5) is 0 Å². The van der Waals surface area contributed by atoms with Crippen molar-refractivity contribution < 1.29 is 14.3 Å². The lowest BCUT2D eigenvalue weighted by Crippen LogP contribution is -2.33. The van der Waals surface area contributed by atoms with Crippen LogP contribution in [0.5, 0.6) is 0 Å². The summed E-state index contributed by atoms with van der Waals surface area (Å²) in [6, 6.07) is 0. The Morgan fingerprint density at radius 3 is 2.38 bits per heavy atom. The third-order valence-electron chi connectivity index (χ3n) is 1.59. The van der Waals surface area contributed by atoms with E-state index >= 15 is 0 Å². The predicted octanol–water partition coefficient (Wildman–Crippen LogP) is 0.444. The van der Waals surface area contributed by atoms with Gasteiger partial charge in [-0.05, 0) is 27.7 Å². The lowest BCUT2D eigenvalue weighted by atomic mass is 10.2. The Hall–Kier alpha value is -1.10. The SMILES string of the molecule is CCNC(=O)CCNCC(=O)OC(C)(C)C. The number of rotatable bonds is 6. The van der Waals surface area contributed by atoms with Crippen molar-refractivity contribution in [1.29, 1.82) is 0 Å². The molecule has 5 heteroatoms. The van der Waals surface area contributed by atoms with E-state index in [4.69, 9.17) is 4.74 Å². The lowest BCUT2D eigenvalue weighted by molar-refractivity contribution is -0.153. The van der Waals surface area contributed by atoms with Crippen molar-refractivity contribution in [3.63, 3.8) is 0 Å². The van der Waals surface area contributed by atoms with E-state index in [9.17, 15) is 9.59 Å². The molecule has 0 aromatic carbocycles. The van der Waals surface area contributed by atoms with Gasteiger partial charge in [0.25, 0.3) is 0 Å². The molecule has 0 bridgehead atoms. The van der Waals surface area contributed by atoms with Crippen molar-refractivity contribution in [2.24, 2.45) is 0 Å². The fourth-order valence-electron chi connectivity index (χ4n) is 1.06. The van der Waals surface area contributed by atoms with Crippen molar-refractivity contribution in [2.75, 3.05) is 19.6 Å². The molecular weight excluding hydrogens is 208 g/mol. The number of carbonyl (C=O) groups excluding carboxylic acids is 2. The zero-order chi connectivity index (χ0) is 12.6. The smallest absolute Gasteiger partial charge is 0.320 e. The minimum absolute atomic E-state index is 0.0146. The van der Waals surface area contributed by atoms with E-state index < -0.39 is 5.60 Å². The van der Waals surface area contributed by atoms with Crippen LogP contribution in [0.3, 0.4) is 0 Å². The quantitative estimate of drug-likeness (QED) is 0.513. The van der Waals surface area contributed by atoms with Crippen LogP contribution >= 0.6 is 0 Å². The highest BCUT2D eigenvalue weighted by atomic mass is 16.6. The summed E-state index contributed by atoms with van der Waals surface area (Å²) in [6.45, 7) is 8.57. The molecule has 16 heavy (non-hydrogen) atoms. The van der Waals surface area contributed by atoms with Gasteiger partial charge in [0.2, 0.25) is 5.91 Å². The van der Waals surface area contributed by atoms with Gasteiger partial charge in [0, 0.05) is 19.5 Å². The summed E-state index contributed by atoms with van der Waals surface area (Å²) in [4.78, 5) is 22.3. The predicted molar refractivity (Wildman–Crippen MR) is 62.0 cm³/mol. The third-order valence-corrected chi connectivity index (χ3v) is 1.59. The van der Waals surface area contributed by atoms with E-state index in [2.05, 4.69) is 10.6 Å². The number of ether oxygens (including phenoxy) is 1. The van der Waals surface area contributed by atoms with E-state index in [1.807, 2.05) is 27.7 Å². The van der Waals surface area contributed by atoms with Crippen LogP contribution in [-0.2, 0) is 14.3 Å². The van der Waals surface area contributed by atoms with Gasteiger partial charge in [-0.15, -0.1) is 0 Å². The summed E-state index contributed by atoms with van der Waals surface area (Å²) in [5, 5.41) is 5.54. The van der Waals surface area contributed by atoms with E-state index in [0.29, 0.717) is 19.5 Å². The summed E-state index contributed by atoms with van der Waals surface area (Å²) < 4.78 is 5.09. The van der Waals surface area contributed by atoms with Gasteiger partial charge < -0.3 is 15.4 Å². The van der Waals surface area contributed by atoms with Crippen molar-refractivity contribution in [1.82, 2.24) is 10.6 Å². The molecule has 0 fully saturated rings. The molecule has 0 heterocycles. The Morgan fingerprint density at radius 2 is 1.88 bits per heavy atom. The number of hydrogen-bond donors (Lipinski definition) is 2. The lowest BCUT2D eigenvalue weighted by Gasteiger charge is -2.19. The molecule has 0 aliphatic rings. The normalized spacial score (nSPS) is 11.0. The van der Waals surface area contributed by atoms with Gasteiger partial charge in [0.05, 0.1) is 6.54 Å². The molecule has 1 amide bonds. The topological polar surface area (TPSA) is 67.4 Å². The van der Waals surface area contributed by atoms with Crippen LogP contribution in [0.15, 0.2) is 0 Å². The van der Waals surface area contributed by atoms with Crippen LogP contribution < -0.4 is 10.6 Å². The van der Waals surface area contributed by atoms with E-state index in [0.717, 1.165) is 0 Å². The van der Waals surface area contributed by atoms with Gasteiger partial charge in [-0.3, -0.25) is 9.59 Å². The van der Waals surface area contributed by atoms with Gasteiger partial charge in [-0.25, -0.2) is 0 Å². The molecule has 0 unspecified atom stereocenters. The number of amides is 1. The second-order valence-electron chi connectivity index (χ2n) is 4.47. The zero-order valence-corrected chi connectivity index (χ0v) is 10.6. The Balaban J connectivity index is 3.52. The molecule has 0 spiro atoms. The largest absolute Gasteiger partial charge is 0.459 e. The van der Waals surface area contributed by atoms with Gasteiger partial charge in [-0.2, -0.15) is 0 Å². The molecule has 94 valence electrons. The first kappa shape index (κ1) is 14.9. The van der Waals surface area contributed by atoms with E-state index in [1.165, 1.54) is 0 Å². The summed E-state index contributed by atoms with van der Waals surface area (Å²) in [7, 11) is 0. The zero-order valence-electron chi connectivity index (χ0n) is 10.6. The van der Waals surface area contributed by atoms with E-state index in [-0.39, 0.29) is 18.4 Å². The van der Waals surface area contributed by atoms with Gasteiger partial charge in [0.1, 0.15) is 5.60 Å². The van der Waals surface area contributed by atoms with Crippen LogP contribution in [-0.4, -0.2) is 37.1 Å².